The molecule has 17 heavy (non-hydrogen) atoms. The normalized spacial score (nSPS) is 12.3. The molecule has 6 heteroatoms. The number of benzene rings is 1. The van der Waals surface area contributed by atoms with Crippen molar-refractivity contribution in [2.75, 3.05) is 0 Å². The van der Waals surface area contributed by atoms with E-state index in [2.05, 4.69) is 10.1 Å². The zero-order chi connectivity index (χ0) is 12.3. The quantitative estimate of drug-likeness (QED) is 0.826. The molecule has 5 nitrogen and oxygen atoms in total. The van der Waals surface area contributed by atoms with Gasteiger partial charge in [0.25, 0.3) is 0 Å². The van der Waals surface area contributed by atoms with E-state index in [1.807, 2.05) is 30.3 Å². The fourth-order valence-corrected chi connectivity index (χ4v) is 1.90. The van der Waals surface area contributed by atoms with Crippen molar-refractivity contribution in [2.45, 2.75) is 17.3 Å². The molecular weight excluding hydrogens is 236 g/mol. The van der Waals surface area contributed by atoms with E-state index in [0.717, 1.165) is 5.69 Å². The Hall–Kier alpha value is -1.82. The highest BCUT2D eigenvalue weighted by atomic mass is 32.2. The maximum Gasteiger partial charge on any atom is 0.230 e. The molecule has 0 fully saturated rings. The number of amides is 1. The van der Waals surface area contributed by atoms with Gasteiger partial charge in [-0.05, 0) is 19.1 Å². The number of carbonyl (C=O) groups excluding carboxylic acids is 1. The molecular formula is C11H12N4OS. The van der Waals surface area contributed by atoms with Crippen LogP contribution in [0.1, 0.15) is 6.92 Å². The molecule has 1 atom stereocenters. The summed E-state index contributed by atoms with van der Waals surface area (Å²) in [5, 5.41) is 4.47. The van der Waals surface area contributed by atoms with Crippen LogP contribution in [0.3, 0.4) is 0 Å². The van der Waals surface area contributed by atoms with E-state index in [1.165, 1.54) is 11.8 Å². The zero-order valence-corrected chi connectivity index (χ0v) is 10.1. The lowest BCUT2D eigenvalue weighted by Gasteiger charge is -2.02. The van der Waals surface area contributed by atoms with Gasteiger partial charge in [-0.25, -0.2) is 9.67 Å². The Morgan fingerprint density at radius 3 is 2.76 bits per heavy atom. The van der Waals surface area contributed by atoms with Gasteiger partial charge in [0, 0.05) is 0 Å². The minimum Gasteiger partial charge on any atom is -0.369 e. The largest absolute Gasteiger partial charge is 0.369 e. The van der Waals surface area contributed by atoms with Gasteiger partial charge in [0.2, 0.25) is 11.1 Å². The van der Waals surface area contributed by atoms with E-state index in [-0.39, 0.29) is 11.2 Å². The van der Waals surface area contributed by atoms with Crippen molar-refractivity contribution in [3.05, 3.63) is 36.7 Å². The van der Waals surface area contributed by atoms with Crippen molar-refractivity contribution >= 4 is 17.7 Å². The fraction of sp³-hybridized carbons (Fsp3) is 0.182. The molecule has 0 radical (unpaired) electrons. The van der Waals surface area contributed by atoms with Crippen LogP contribution in [0.2, 0.25) is 0 Å². The Morgan fingerprint density at radius 1 is 1.41 bits per heavy atom. The molecule has 0 saturated carbocycles. The minimum absolute atomic E-state index is 0.332. The highest BCUT2D eigenvalue weighted by Gasteiger charge is 2.13. The van der Waals surface area contributed by atoms with Gasteiger partial charge in [0.05, 0.1) is 10.9 Å². The predicted octanol–water partition coefficient (Wildman–Crippen LogP) is 1.23. The third kappa shape index (κ3) is 2.85. The molecule has 2 rings (SSSR count). The minimum atomic E-state index is -0.369. The molecule has 0 spiro atoms. The van der Waals surface area contributed by atoms with Gasteiger partial charge in [-0.1, -0.05) is 30.0 Å². The summed E-state index contributed by atoms with van der Waals surface area (Å²) < 4.78 is 1.66. The number of primary amides is 1. The number of aromatic nitrogens is 3. The summed E-state index contributed by atoms with van der Waals surface area (Å²) in [5.74, 6) is -0.369. The molecule has 0 aliphatic rings. The highest BCUT2D eigenvalue weighted by Crippen LogP contribution is 2.19. The lowest BCUT2D eigenvalue weighted by molar-refractivity contribution is -0.117. The van der Waals surface area contributed by atoms with Crippen LogP contribution in [0.25, 0.3) is 5.69 Å². The monoisotopic (exact) mass is 248 g/mol. The zero-order valence-electron chi connectivity index (χ0n) is 9.28. The SMILES string of the molecule is C[C@@H](Sc1ncn(-c2ccccc2)n1)C(N)=O. The molecule has 1 heterocycles. The summed E-state index contributed by atoms with van der Waals surface area (Å²) in [6.45, 7) is 1.73. The number of nitrogens with two attached hydrogens (primary N) is 1. The first-order valence-corrected chi connectivity index (χ1v) is 5.98. The lowest BCUT2D eigenvalue weighted by atomic mass is 10.3. The summed E-state index contributed by atoms with van der Waals surface area (Å²) in [5.41, 5.74) is 6.11. The first-order valence-electron chi connectivity index (χ1n) is 5.10. The third-order valence-electron chi connectivity index (χ3n) is 2.17. The Balaban J connectivity index is 2.14. The lowest BCUT2D eigenvalue weighted by Crippen LogP contribution is -2.22. The van der Waals surface area contributed by atoms with Crippen molar-refractivity contribution in [2.24, 2.45) is 5.73 Å². The fourth-order valence-electron chi connectivity index (χ4n) is 1.22. The number of para-hydroxylation sites is 1. The molecule has 0 saturated heterocycles. The summed E-state index contributed by atoms with van der Waals surface area (Å²) in [6, 6.07) is 9.65. The molecule has 88 valence electrons. The third-order valence-corrected chi connectivity index (χ3v) is 3.16. The van der Waals surface area contributed by atoms with Crippen LogP contribution < -0.4 is 5.73 Å². The molecule has 2 aromatic rings. The van der Waals surface area contributed by atoms with Gasteiger partial charge in [-0.3, -0.25) is 4.79 Å². The number of hydrogen-bond donors (Lipinski definition) is 1. The Kier molecular flexibility index (Phi) is 3.43. The number of hydrogen-bond acceptors (Lipinski definition) is 4. The standard InChI is InChI=1S/C11H12N4OS/c1-8(10(12)16)17-11-13-7-15(14-11)9-5-3-2-4-6-9/h2-8H,1H3,(H2,12,16)/t8-/m1/s1. The molecule has 1 amide bonds. The first-order chi connectivity index (χ1) is 8.16. The topological polar surface area (TPSA) is 73.8 Å². The van der Waals surface area contributed by atoms with E-state index in [4.69, 9.17) is 5.73 Å². The number of nitrogens with zero attached hydrogens (tertiary/aromatic N) is 3. The summed E-state index contributed by atoms with van der Waals surface area (Å²) >= 11 is 1.25. The van der Waals surface area contributed by atoms with Crippen molar-refractivity contribution in [1.29, 1.82) is 0 Å². The van der Waals surface area contributed by atoms with Gasteiger partial charge >= 0.3 is 0 Å². The van der Waals surface area contributed by atoms with Gasteiger partial charge in [-0.15, -0.1) is 5.10 Å². The van der Waals surface area contributed by atoms with Crippen LogP contribution in [0.5, 0.6) is 0 Å². The second kappa shape index (κ2) is 5.01. The average molecular weight is 248 g/mol. The molecule has 0 unspecified atom stereocenters. The molecule has 2 N–H and O–H groups in total. The Labute approximate surface area is 103 Å². The van der Waals surface area contributed by atoms with Crippen LogP contribution in [-0.2, 0) is 4.79 Å². The highest BCUT2D eigenvalue weighted by molar-refractivity contribution is 8.00. The summed E-state index contributed by atoms with van der Waals surface area (Å²) in [4.78, 5) is 15.0. The molecule has 1 aromatic carbocycles. The first kappa shape index (κ1) is 11.7. The van der Waals surface area contributed by atoms with Gasteiger partial charge in [0.1, 0.15) is 6.33 Å². The Bertz CT molecular complexity index is 511. The number of carbonyl (C=O) groups is 1. The van der Waals surface area contributed by atoms with E-state index in [9.17, 15) is 4.79 Å². The van der Waals surface area contributed by atoms with Crippen LogP contribution in [0.4, 0.5) is 0 Å². The maximum absolute atomic E-state index is 10.9. The number of rotatable bonds is 4. The average Bonchev–Trinajstić information content (AvgIpc) is 2.78. The molecule has 0 aliphatic heterocycles. The van der Waals surface area contributed by atoms with Crippen molar-refractivity contribution in [3.8, 4) is 5.69 Å². The van der Waals surface area contributed by atoms with Gasteiger partial charge < -0.3 is 5.73 Å². The van der Waals surface area contributed by atoms with E-state index < -0.39 is 0 Å². The van der Waals surface area contributed by atoms with Crippen molar-refractivity contribution < 1.29 is 4.79 Å². The van der Waals surface area contributed by atoms with Crippen LogP contribution in [0.15, 0.2) is 41.8 Å². The molecule has 0 bridgehead atoms. The smallest absolute Gasteiger partial charge is 0.230 e. The maximum atomic E-state index is 10.9. The van der Waals surface area contributed by atoms with Crippen molar-refractivity contribution in [1.82, 2.24) is 14.8 Å². The molecule has 1 aromatic heterocycles. The van der Waals surface area contributed by atoms with Crippen LogP contribution in [-0.4, -0.2) is 25.9 Å². The van der Waals surface area contributed by atoms with Crippen LogP contribution >= 0.6 is 11.8 Å². The summed E-state index contributed by atoms with van der Waals surface area (Å²) in [6.07, 6.45) is 1.62. The molecule has 0 aliphatic carbocycles. The van der Waals surface area contributed by atoms with E-state index >= 15 is 0 Å². The van der Waals surface area contributed by atoms with E-state index in [1.54, 1.807) is 17.9 Å². The van der Waals surface area contributed by atoms with Crippen LogP contribution in [0, 0.1) is 0 Å². The van der Waals surface area contributed by atoms with Gasteiger partial charge in [-0.2, -0.15) is 0 Å². The van der Waals surface area contributed by atoms with Crippen molar-refractivity contribution in [3.63, 3.8) is 0 Å². The Morgan fingerprint density at radius 2 is 2.12 bits per heavy atom. The summed E-state index contributed by atoms with van der Waals surface area (Å²) in [7, 11) is 0. The second-order valence-electron chi connectivity index (χ2n) is 3.47. The second-order valence-corrected chi connectivity index (χ2v) is 4.78. The van der Waals surface area contributed by atoms with E-state index in [0.29, 0.717) is 5.16 Å². The number of thioether (sulfide) groups is 1. The van der Waals surface area contributed by atoms with Gasteiger partial charge in [0.15, 0.2) is 0 Å². The predicted molar refractivity (Wildman–Crippen MR) is 65.9 cm³/mol.